The maximum Gasteiger partial charge on any atom is 0.314 e. The number of hydrogen-bond acceptors (Lipinski definition) is 4. The number of aromatic nitrogens is 2. The quantitative estimate of drug-likeness (QED) is 0.717. The van der Waals surface area contributed by atoms with Crippen LogP contribution in [0, 0.1) is 5.92 Å². The molecule has 2 heterocycles. The highest BCUT2D eigenvalue weighted by molar-refractivity contribution is 5.86. The molecule has 1 saturated heterocycles. The molecule has 1 atom stereocenters. The lowest BCUT2D eigenvalue weighted by atomic mass is 10.1. The number of carbonyl (C=O) groups is 1. The third-order valence-corrected chi connectivity index (χ3v) is 5.15. The lowest BCUT2D eigenvalue weighted by molar-refractivity contribution is 0.240. The fourth-order valence-electron chi connectivity index (χ4n) is 3.65. The summed E-state index contributed by atoms with van der Waals surface area (Å²) < 4.78 is 0. The molecule has 3 aromatic rings. The standard InChI is InChI=1S/C22H25N5O/c1-2-23-22(28)25-14-16-10-12-27(15-16)21-24-11-9-20(26-21)19-8-7-17-5-3-4-6-18(17)13-19/h3-9,11,13,16H,2,10,12,14-15H2,1H3,(H2,23,25,28). The molecule has 1 aromatic heterocycles. The van der Waals surface area contributed by atoms with E-state index in [1.165, 1.54) is 10.8 Å². The molecule has 2 N–H and O–H groups in total. The Kier molecular flexibility index (Phi) is 5.37. The van der Waals surface area contributed by atoms with Gasteiger partial charge >= 0.3 is 6.03 Å². The van der Waals surface area contributed by atoms with Crippen LogP contribution in [0.25, 0.3) is 22.0 Å². The summed E-state index contributed by atoms with van der Waals surface area (Å²) in [5, 5.41) is 8.13. The Hall–Kier alpha value is -3.15. The zero-order chi connectivity index (χ0) is 19.3. The first-order valence-corrected chi connectivity index (χ1v) is 9.82. The molecule has 2 amide bonds. The molecule has 144 valence electrons. The van der Waals surface area contributed by atoms with E-state index >= 15 is 0 Å². The average Bonchev–Trinajstić information content (AvgIpc) is 3.21. The predicted octanol–water partition coefficient (Wildman–Crippen LogP) is 3.44. The molecule has 28 heavy (non-hydrogen) atoms. The third-order valence-electron chi connectivity index (χ3n) is 5.15. The van der Waals surface area contributed by atoms with Crippen molar-refractivity contribution in [3.63, 3.8) is 0 Å². The van der Waals surface area contributed by atoms with E-state index in [4.69, 9.17) is 4.98 Å². The van der Waals surface area contributed by atoms with Crippen molar-refractivity contribution in [3.05, 3.63) is 54.7 Å². The summed E-state index contributed by atoms with van der Waals surface area (Å²) in [5.41, 5.74) is 2.02. The van der Waals surface area contributed by atoms with Crippen molar-refractivity contribution >= 4 is 22.8 Å². The molecule has 0 bridgehead atoms. The van der Waals surface area contributed by atoms with E-state index in [9.17, 15) is 4.79 Å². The number of amides is 2. The van der Waals surface area contributed by atoms with Crippen molar-refractivity contribution in [2.24, 2.45) is 5.92 Å². The number of carbonyl (C=O) groups excluding carboxylic acids is 1. The molecule has 0 radical (unpaired) electrons. The fourth-order valence-corrected chi connectivity index (χ4v) is 3.65. The fraction of sp³-hybridized carbons (Fsp3) is 0.318. The number of benzene rings is 2. The van der Waals surface area contributed by atoms with Gasteiger partial charge in [-0.3, -0.25) is 0 Å². The molecule has 4 rings (SSSR count). The van der Waals surface area contributed by atoms with E-state index in [-0.39, 0.29) is 6.03 Å². The molecule has 1 unspecified atom stereocenters. The van der Waals surface area contributed by atoms with Crippen LogP contribution in [0.1, 0.15) is 13.3 Å². The highest BCUT2D eigenvalue weighted by atomic mass is 16.2. The monoisotopic (exact) mass is 375 g/mol. The summed E-state index contributed by atoms with van der Waals surface area (Å²) in [6, 6.07) is 16.6. The second kappa shape index (κ2) is 8.25. The summed E-state index contributed by atoms with van der Waals surface area (Å²) in [4.78, 5) is 23.1. The third kappa shape index (κ3) is 4.06. The minimum atomic E-state index is -0.101. The van der Waals surface area contributed by atoms with Crippen LogP contribution in [0.5, 0.6) is 0 Å². The second-order valence-electron chi connectivity index (χ2n) is 7.14. The van der Waals surface area contributed by atoms with E-state index in [0.29, 0.717) is 19.0 Å². The summed E-state index contributed by atoms with van der Waals surface area (Å²) in [6.07, 6.45) is 2.85. The van der Waals surface area contributed by atoms with E-state index in [1.807, 2.05) is 19.2 Å². The molecule has 2 aromatic carbocycles. The number of anilines is 1. The van der Waals surface area contributed by atoms with Gasteiger partial charge in [-0.15, -0.1) is 0 Å². The molecule has 0 saturated carbocycles. The Bertz CT molecular complexity index is 974. The topological polar surface area (TPSA) is 70.2 Å². The largest absolute Gasteiger partial charge is 0.340 e. The Morgan fingerprint density at radius 3 is 2.86 bits per heavy atom. The van der Waals surface area contributed by atoms with E-state index in [1.54, 1.807) is 0 Å². The Morgan fingerprint density at radius 2 is 2.00 bits per heavy atom. The smallest absolute Gasteiger partial charge is 0.314 e. The van der Waals surface area contributed by atoms with E-state index in [2.05, 4.69) is 63.0 Å². The van der Waals surface area contributed by atoms with Gasteiger partial charge in [0.05, 0.1) is 5.69 Å². The molecule has 0 spiro atoms. The zero-order valence-electron chi connectivity index (χ0n) is 16.1. The highest BCUT2D eigenvalue weighted by Crippen LogP contribution is 2.26. The van der Waals surface area contributed by atoms with Crippen molar-refractivity contribution < 1.29 is 4.79 Å². The normalized spacial score (nSPS) is 16.3. The van der Waals surface area contributed by atoms with Crippen LogP contribution >= 0.6 is 0 Å². The van der Waals surface area contributed by atoms with Crippen LogP contribution < -0.4 is 15.5 Å². The highest BCUT2D eigenvalue weighted by Gasteiger charge is 2.24. The van der Waals surface area contributed by atoms with Crippen molar-refractivity contribution in [2.75, 3.05) is 31.1 Å². The summed E-state index contributed by atoms with van der Waals surface area (Å²) >= 11 is 0. The number of rotatable bonds is 5. The number of urea groups is 1. The van der Waals surface area contributed by atoms with Crippen LogP contribution in [0.2, 0.25) is 0 Å². The molecule has 1 aliphatic rings. The Labute approximate surface area is 165 Å². The SMILES string of the molecule is CCNC(=O)NCC1CCN(c2nccc(-c3ccc4ccccc4c3)n2)C1. The lowest BCUT2D eigenvalue weighted by Gasteiger charge is -2.17. The van der Waals surface area contributed by atoms with Gasteiger partial charge in [0, 0.05) is 37.9 Å². The summed E-state index contributed by atoms with van der Waals surface area (Å²) in [6.45, 7) is 4.98. The van der Waals surface area contributed by atoms with Gasteiger partial charge in [0.25, 0.3) is 0 Å². The Balaban J connectivity index is 1.46. The summed E-state index contributed by atoms with van der Waals surface area (Å²) in [7, 11) is 0. The summed E-state index contributed by atoms with van der Waals surface area (Å²) in [5.74, 6) is 1.17. The molecule has 6 heteroatoms. The predicted molar refractivity (Wildman–Crippen MR) is 112 cm³/mol. The van der Waals surface area contributed by atoms with Crippen LogP contribution in [-0.4, -0.2) is 42.2 Å². The van der Waals surface area contributed by atoms with Gasteiger partial charge in [0.2, 0.25) is 5.95 Å². The van der Waals surface area contributed by atoms with Crippen molar-refractivity contribution in [2.45, 2.75) is 13.3 Å². The molecule has 1 fully saturated rings. The van der Waals surface area contributed by atoms with Gasteiger partial charge in [0.1, 0.15) is 0 Å². The number of hydrogen-bond donors (Lipinski definition) is 2. The molecular weight excluding hydrogens is 350 g/mol. The maximum absolute atomic E-state index is 11.6. The first kappa shape index (κ1) is 18.2. The second-order valence-corrected chi connectivity index (χ2v) is 7.14. The van der Waals surface area contributed by atoms with Crippen molar-refractivity contribution in [1.29, 1.82) is 0 Å². The van der Waals surface area contributed by atoms with Gasteiger partial charge in [-0.2, -0.15) is 0 Å². The number of fused-ring (bicyclic) bond motifs is 1. The van der Waals surface area contributed by atoms with Gasteiger partial charge in [-0.05, 0) is 42.2 Å². The zero-order valence-corrected chi connectivity index (χ0v) is 16.1. The molecule has 0 aliphatic carbocycles. The van der Waals surface area contributed by atoms with Crippen molar-refractivity contribution in [1.82, 2.24) is 20.6 Å². The van der Waals surface area contributed by atoms with Gasteiger partial charge in [0.15, 0.2) is 0 Å². The molecule has 1 aliphatic heterocycles. The first-order valence-electron chi connectivity index (χ1n) is 9.82. The van der Waals surface area contributed by atoms with Crippen LogP contribution in [0.15, 0.2) is 54.7 Å². The first-order chi connectivity index (χ1) is 13.7. The van der Waals surface area contributed by atoms with Gasteiger partial charge in [-0.25, -0.2) is 14.8 Å². The minimum Gasteiger partial charge on any atom is -0.340 e. The van der Waals surface area contributed by atoms with Crippen LogP contribution in [0.3, 0.4) is 0 Å². The van der Waals surface area contributed by atoms with E-state index in [0.717, 1.165) is 36.7 Å². The Morgan fingerprint density at radius 1 is 1.14 bits per heavy atom. The maximum atomic E-state index is 11.6. The number of nitrogens with zero attached hydrogens (tertiary/aromatic N) is 3. The molecule has 6 nitrogen and oxygen atoms in total. The molecular formula is C22H25N5O. The number of nitrogens with one attached hydrogen (secondary N) is 2. The van der Waals surface area contributed by atoms with Crippen molar-refractivity contribution in [3.8, 4) is 11.3 Å². The van der Waals surface area contributed by atoms with Gasteiger partial charge < -0.3 is 15.5 Å². The van der Waals surface area contributed by atoms with E-state index < -0.39 is 0 Å². The lowest BCUT2D eigenvalue weighted by Crippen LogP contribution is -2.38. The van der Waals surface area contributed by atoms with Gasteiger partial charge in [-0.1, -0.05) is 36.4 Å². The average molecular weight is 375 g/mol. The van der Waals surface area contributed by atoms with Crippen LogP contribution in [-0.2, 0) is 0 Å². The minimum absolute atomic E-state index is 0.101. The van der Waals surface area contributed by atoms with Crippen LogP contribution in [0.4, 0.5) is 10.7 Å².